The minimum atomic E-state index is -1.02. The van der Waals surface area contributed by atoms with Gasteiger partial charge in [0.25, 0.3) is 0 Å². The van der Waals surface area contributed by atoms with E-state index in [1.54, 1.807) is 6.20 Å². The average Bonchev–Trinajstić information content (AvgIpc) is 3.70. The maximum atomic E-state index is 11.5. The van der Waals surface area contributed by atoms with Gasteiger partial charge in [-0.05, 0) is 26.5 Å². The number of nitrogens with zero attached hydrogens (tertiary/aromatic N) is 6. The minimum absolute atomic E-state index is 0.0608. The minimum Gasteiger partial charge on any atom is -0.480 e. The van der Waals surface area contributed by atoms with Gasteiger partial charge in [0.1, 0.15) is 11.4 Å². The number of nitrogens with one attached hydrogen (secondary N) is 2. The third-order valence-electron chi connectivity index (χ3n) is 8.82. The average molecular weight is 720 g/mol. The van der Waals surface area contributed by atoms with E-state index in [1.807, 2.05) is 48.2 Å². The molecule has 1 aromatic heterocycles. The van der Waals surface area contributed by atoms with Crippen molar-refractivity contribution < 1.29 is 19.4 Å². The number of carbonyl (C=O) groups excluding carboxylic acids is 1. The molecule has 3 heterocycles. The third kappa shape index (κ3) is 8.49. The molecule has 5 rings (SSSR count). The molecule has 262 valence electrons. The molecule has 0 spiro atoms. The van der Waals surface area contributed by atoms with E-state index in [0.717, 1.165) is 6.42 Å². The molecule has 2 fully saturated rings. The number of aromatic nitrogens is 2. The Morgan fingerprint density at radius 2 is 1.96 bits per heavy atom. The van der Waals surface area contributed by atoms with Crippen molar-refractivity contribution in [3.8, 4) is 34.3 Å². The van der Waals surface area contributed by atoms with E-state index in [9.17, 15) is 9.90 Å². The summed E-state index contributed by atoms with van der Waals surface area (Å²) >= 11 is 14.1. The van der Waals surface area contributed by atoms with Crippen molar-refractivity contribution >= 4 is 41.5 Å². The number of halogens is 2. The van der Waals surface area contributed by atoms with Crippen LogP contribution in [-0.2, 0) is 16.1 Å². The molecular formula is C36H40Cl2N8O4. The highest BCUT2D eigenvalue weighted by Gasteiger charge is 2.36. The molecule has 2 aliphatic heterocycles. The second-order valence-electron chi connectivity index (χ2n) is 12.3. The molecule has 1 amide bonds. The Bertz CT molecular complexity index is 1860. The van der Waals surface area contributed by atoms with Gasteiger partial charge in [0.05, 0.1) is 60.0 Å². The van der Waals surface area contributed by atoms with Gasteiger partial charge in [0.15, 0.2) is 0 Å². The lowest BCUT2D eigenvalue weighted by atomic mass is 9.98. The van der Waals surface area contributed by atoms with Crippen LogP contribution >= 0.6 is 23.2 Å². The quantitative estimate of drug-likeness (QED) is 0.151. The number of ether oxygens (including phenoxy) is 2. The number of aliphatic imine (C=N–C) groups is 2. The molecule has 2 saturated heterocycles. The van der Waals surface area contributed by atoms with Crippen LogP contribution in [0.3, 0.4) is 0 Å². The van der Waals surface area contributed by atoms with Gasteiger partial charge in [-0.25, -0.2) is 9.98 Å². The fraction of sp³-hybridized carbons (Fsp3) is 0.389. The van der Waals surface area contributed by atoms with E-state index in [0.29, 0.717) is 112 Å². The van der Waals surface area contributed by atoms with Crippen molar-refractivity contribution in [2.45, 2.75) is 50.8 Å². The van der Waals surface area contributed by atoms with Crippen molar-refractivity contribution in [3.63, 3.8) is 0 Å². The Balaban J connectivity index is 1.38. The van der Waals surface area contributed by atoms with Crippen molar-refractivity contribution in [2.24, 2.45) is 9.98 Å². The first kappa shape index (κ1) is 36.9. The molecule has 1 unspecified atom stereocenters. The molecule has 2 atom stereocenters. The van der Waals surface area contributed by atoms with E-state index < -0.39 is 5.60 Å². The predicted molar refractivity (Wildman–Crippen MR) is 194 cm³/mol. The Kier molecular flexibility index (Phi) is 12.2. The Labute approximate surface area is 301 Å². The Morgan fingerprint density at radius 3 is 2.64 bits per heavy atom. The number of hydrogen-bond donors (Lipinski definition) is 3. The summed E-state index contributed by atoms with van der Waals surface area (Å²) in [5.74, 6) is 0.702. The van der Waals surface area contributed by atoms with Crippen LogP contribution in [0.2, 0.25) is 10.0 Å². The van der Waals surface area contributed by atoms with Gasteiger partial charge in [0, 0.05) is 67.4 Å². The number of likely N-dealkylation sites (tertiary alicyclic amines) is 1. The van der Waals surface area contributed by atoms with Crippen LogP contribution in [0, 0.1) is 11.3 Å². The highest BCUT2D eigenvalue weighted by molar-refractivity contribution is 6.39. The molecule has 3 aromatic rings. The molecule has 3 N–H and O–H groups in total. The van der Waals surface area contributed by atoms with Crippen LogP contribution in [0.1, 0.15) is 43.9 Å². The lowest BCUT2D eigenvalue weighted by Gasteiger charge is -2.21. The van der Waals surface area contributed by atoms with Crippen LogP contribution in [0.4, 0.5) is 0 Å². The summed E-state index contributed by atoms with van der Waals surface area (Å²) in [7, 11) is 3.05. The topological polar surface area (TPSA) is 157 Å². The molecule has 2 aliphatic rings. The Hall–Kier alpha value is -4.38. The largest absolute Gasteiger partial charge is 0.480 e. The maximum absolute atomic E-state index is 11.5. The number of hydrogen-bond acceptors (Lipinski definition) is 11. The van der Waals surface area contributed by atoms with Gasteiger partial charge >= 0.3 is 0 Å². The van der Waals surface area contributed by atoms with E-state index >= 15 is 0 Å². The molecule has 2 aromatic carbocycles. The summed E-state index contributed by atoms with van der Waals surface area (Å²) in [6.07, 6.45) is 3.57. The SMILES string of the molecule is C=N/C(CNC[C@@H]1CCC(=O)N1)=C(\N=C(C)c1cccc(-c2cccc(-c3cnc(CN4CCC(O)(CC#N)C4)c(OC)n3)c2Cl)c1Cl)OC. The highest BCUT2D eigenvalue weighted by Crippen LogP contribution is 2.40. The number of amides is 1. The van der Waals surface area contributed by atoms with E-state index in [2.05, 4.69) is 33.4 Å². The van der Waals surface area contributed by atoms with Gasteiger partial charge in [-0.15, -0.1) is 0 Å². The molecule has 50 heavy (non-hydrogen) atoms. The summed E-state index contributed by atoms with van der Waals surface area (Å²) in [5, 5.41) is 26.8. The first-order chi connectivity index (χ1) is 24.1. The number of aliphatic hydroxyl groups is 1. The number of benzene rings is 2. The number of methoxy groups -OCH3 is 2. The molecule has 0 bridgehead atoms. The van der Waals surface area contributed by atoms with Crippen LogP contribution < -0.4 is 15.4 Å². The fourth-order valence-electron chi connectivity index (χ4n) is 6.17. The molecule has 0 saturated carbocycles. The standard InChI is InChI=1S/C36H40Cl2N8O4/c1-22(43-34(49-3)29(40-2)18-41-17-23-11-12-31(47)44-23)24-7-5-8-25(32(24)37)26-9-6-10-27(33(26)38)28-19-42-30(35(45-28)50-4)20-46-16-14-36(48,21-46)13-15-39/h5-10,19,23,41,48H,2,11-14,16-18,20-21H2,1,3-4H3,(H,44,47)/b34-29+,43-22?/t23-,36?/m0/s1. The van der Waals surface area contributed by atoms with Crippen molar-refractivity contribution in [1.82, 2.24) is 25.5 Å². The fourth-order valence-corrected chi connectivity index (χ4v) is 6.86. The Morgan fingerprint density at radius 1 is 1.22 bits per heavy atom. The smallest absolute Gasteiger partial charge is 0.237 e. The molecule has 14 heteroatoms. The number of carbonyl (C=O) groups is 1. The van der Waals surface area contributed by atoms with Crippen molar-refractivity contribution in [2.75, 3.05) is 40.4 Å². The summed E-state index contributed by atoms with van der Waals surface area (Å²) in [6.45, 7) is 7.90. The third-order valence-corrected chi connectivity index (χ3v) is 9.63. The number of β-amino-alcohol motifs (C(OH)–C–C–N with tert-alkyl or cyclic N) is 1. The van der Waals surface area contributed by atoms with Gasteiger partial charge in [-0.3, -0.25) is 19.7 Å². The predicted octanol–water partition coefficient (Wildman–Crippen LogP) is 5.17. The summed E-state index contributed by atoms with van der Waals surface area (Å²) in [5.41, 5.74) is 3.96. The molecule has 12 nitrogen and oxygen atoms in total. The zero-order chi connectivity index (χ0) is 35.8. The van der Waals surface area contributed by atoms with Crippen LogP contribution in [-0.4, -0.2) is 90.4 Å². The van der Waals surface area contributed by atoms with Gasteiger partial charge in [-0.2, -0.15) is 5.26 Å². The van der Waals surface area contributed by atoms with Crippen LogP contribution in [0.5, 0.6) is 5.88 Å². The second-order valence-corrected chi connectivity index (χ2v) is 13.1. The molecule has 0 aliphatic carbocycles. The monoisotopic (exact) mass is 718 g/mol. The first-order valence-electron chi connectivity index (χ1n) is 16.2. The van der Waals surface area contributed by atoms with Gasteiger partial charge < -0.3 is 25.2 Å². The van der Waals surface area contributed by atoms with Gasteiger partial charge in [0.2, 0.25) is 17.7 Å². The molecule has 0 radical (unpaired) electrons. The van der Waals surface area contributed by atoms with Gasteiger partial charge in [-0.1, -0.05) is 59.6 Å². The molecular weight excluding hydrogens is 679 g/mol. The summed E-state index contributed by atoms with van der Waals surface area (Å²) in [4.78, 5) is 31.8. The zero-order valence-corrected chi connectivity index (χ0v) is 29.8. The lowest BCUT2D eigenvalue weighted by molar-refractivity contribution is -0.119. The van der Waals surface area contributed by atoms with E-state index in [4.69, 9.17) is 47.9 Å². The highest BCUT2D eigenvalue weighted by atomic mass is 35.5. The van der Waals surface area contributed by atoms with Crippen molar-refractivity contribution in [1.29, 1.82) is 5.26 Å². The summed E-state index contributed by atoms with van der Waals surface area (Å²) in [6, 6.07) is 13.4. The normalized spacial score (nSPS) is 19.9. The van der Waals surface area contributed by atoms with Crippen LogP contribution in [0.15, 0.2) is 64.2 Å². The van der Waals surface area contributed by atoms with E-state index in [1.165, 1.54) is 14.2 Å². The first-order valence-corrected chi connectivity index (χ1v) is 16.9. The number of nitriles is 1. The zero-order valence-electron chi connectivity index (χ0n) is 28.3. The number of rotatable bonds is 14. The van der Waals surface area contributed by atoms with E-state index in [-0.39, 0.29) is 18.4 Å². The lowest BCUT2D eigenvalue weighted by Crippen LogP contribution is -2.36. The second kappa shape index (κ2) is 16.6. The van der Waals surface area contributed by atoms with Crippen LogP contribution in [0.25, 0.3) is 22.4 Å². The maximum Gasteiger partial charge on any atom is 0.237 e. The van der Waals surface area contributed by atoms with Crippen molar-refractivity contribution in [3.05, 3.63) is 75.5 Å². The summed E-state index contributed by atoms with van der Waals surface area (Å²) < 4.78 is 11.2.